The summed E-state index contributed by atoms with van der Waals surface area (Å²) in [6.45, 7) is 8.42. The van der Waals surface area contributed by atoms with E-state index >= 15 is 0 Å². The van der Waals surface area contributed by atoms with Gasteiger partial charge < -0.3 is 20.4 Å². The maximum atomic E-state index is 12.9. The highest BCUT2D eigenvalue weighted by molar-refractivity contribution is 7.15. The average molecular weight is 513 g/mol. The number of likely N-dealkylation sites (tertiary alicyclic amines) is 2. The molecule has 0 radical (unpaired) electrons. The van der Waals surface area contributed by atoms with Gasteiger partial charge in [-0.2, -0.15) is 0 Å². The van der Waals surface area contributed by atoms with Crippen molar-refractivity contribution in [1.82, 2.24) is 25.3 Å². The number of nitrogens with zero attached hydrogens (tertiary/aromatic N) is 4. The second kappa shape index (κ2) is 12.4. The lowest BCUT2D eigenvalue weighted by molar-refractivity contribution is -0.122. The second-order valence-electron chi connectivity index (χ2n) is 9.90. The largest absolute Gasteiger partial charge is 0.356 e. The first-order valence-electron chi connectivity index (χ1n) is 12.9. The van der Waals surface area contributed by atoms with Crippen molar-refractivity contribution in [1.29, 1.82) is 0 Å². The van der Waals surface area contributed by atoms with Gasteiger partial charge in [-0.1, -0.05) is 29.0 Å². The Morgan fingerprint density at radius 3 is 2.39 bits per heavy atom. The Kier molecular flexibility index (Phi) is 9.03. The molecule has 2 saturated heterocycles. The number of anilines is 1. The van der Waals surface area contributed by atoms with Crippen LogP contribution in [0.25, 0.3) is 0 Å². The monoisotopic (exact) mass is 512 g/mol. The van der Waals surface area contributed by atoms with Gasteiger partial charge in [-0.25, -0.2) is 0 Å². The second-order valence-corrected chi connectivity index (χ2v) is 10.9. The smallest absolute Gasteiger partial charge is 0.286 e. The Hall–Kier alpha value is -2.85. The molecule has 10 heteroatoms. The SMILES string of the molecule is Cc1ccc(NC(=O)c2nnc(C(=O)N3CCC(CC(=O)NCC[C@H](C)N4CCCC4)CC3)s2)cc1. The molecule has 2 aromatic rings. The normalized spacial score (nSPS) is 17.7. The third-order valence-corrected chi connectivity index (χ3v) is 8.05. The highest BCUT2D eigenvalue weighted by Gasteiger charge is 2.28. The van der Waals surface area contributed by atoms with E-state index in [9.17, 15) is 14.4 Å². The lowest BCUT2D eigenvalue weighted by Crippen LogP contribution is -2.40. The maximum Gasteiger partial charge on any atom is 0.286 e. The predicted molar refractivity (Wildman–Crippen MR) is 140 cm³/mol. The van der Waals surface area contributed by atoms with Gasteiger partial charge in [-0.05, 0) is 77.1 Å². The van der Waals surface area contributed by atoms with E-state index in [0.717, 1.165) is 36.2 Å². The Balaban J connectivity index is 1.17. The predicted octanol–water partition coefficient (Wildman–Crippen LogP) is 3.33. The third-order valence-electron chi connectivity index (χ3n) is 7.14. The van der Waals surface area contributed by atoms with Crippen LogP contribution in [-0.4, -0.2) is 76.5 Å². The first kappa shape index (κ1) is 26.2. The minimum absolute atomic E-state index is 0.0988. The van der Waals surface area contributed by atoms with Crippen LogP contribution in [0.5, 0.6) is 0 Å². The maximum absolute atomic E-state index is 12.9. The zero-order chi connectivity index (χ0) is 25.5. The van der Waals surface area contributed by atoms with Gasteiger partial charge in [-0.15, -0.1) is 10.2 Å². The first-order chi connectivity index (χ1) is 17.4. The van der Waals surface area contributed by atoms with Crippen LogP contribution in [-0.2, 0) is 4.79 Å². The highest BCUT2D eigenvalue weighted by atomic mass is 32.1. The summed E-state index contributed by atoms with van der Waals surface area (Å²) in [6, 6.07) is 7.97. The molecule has 3 amide bonds. The fourth-order valence-corrected chi connectivity index (χ4v) is 5.52. The van der Waals surface area contributed by atoms with Gasteiger partial charge in [-0.3, -0.25) is 14.4 Å². The Bertz CT molecular complexity index is 1040. The summed E-state index contributed by atoms with van der Waals surface area (Å²) in [5, 5.41) is 14.1. The molecular weight excluding hydrogens is 476 g/mol. The molecule has 0 unspecified atom stereocenters. The number of aromatic nitrogens is 2. The molecule has 0 spiro atoms. The van der Waals surface area contributed by atoms with Crippen LogP contribution in [0.1, 0.15) is 70.6 Å². The van der Waals surface area contributed by atoms with Crippen molar-refractivity contribution >= 4 is 34.7 Å². The Morgan fingerprint density at radius 2 is 1.69 bits per heavy atom. The molecule has 194 valence electrons. The van der Waals surface area contributed by atoms with Crippen LogP contribution < -0.4 is 10.6 Å². The molecule has 2 fully saturated rings. The number of amides is 3. The van der Waals surface area contributed by atoms with Crippen molar-refractivity contribution in [3.8, 4) is 0 Å². The number of rotatable bonds is 9. The summed E-state index contributed by atoms with van der Waals surface area (Å²) in [7, 11) is 0. The highest BCUT2D eigenvalue weighted by Crippen LogP contribution is 2.23. The molecule has 2 N–H and O–H groups in total. The molecule has 2 aliphatic heterocycles. The molecule has 1 atom stereocenters. The minimum Gasteiger partial charge on any atom is -0.356 e. The Morgan fingerprint density at radius 1 is 1.03 bits per heavy atom. The molecule has 0 saturated carbocycles. The number of carbonyl (C=O) groups excluding carboxylic acids is 3. The van der Waals surface area contributed by atoms with Crippen LogP contribution in [0.4, 0.5) is 5.69 Å². The van der Waals surface area contributed by atoms with E-state index in [0.29, 0.717) is 37.8 Å². The van der Waals surface area contributed by atoms with Gasteiger partial charge in [0.1, 0.15) is 0 Å². The van der Waals surface area contributed by atoms with Crippen LogP contribution in [0.3, 0.4) is 0 Å². The molecule has 4 rings (SSSR count). The summed E-state index contributed by atoms with van der Waals surface area (Å²) >= 11 is 1.00. The number of hydrogen-bond donors (Lipinski definition) is 2. The average Bonchev–Trinajstić information content (AvgIpc) is 3.58. The number of aryl methyl sites for hydroxylation is 1. The van der Waals surface area contributed by atoms with Gasteiger partial charge in [0.2, 0.25) is 15.9 Å². The number of nitrogens with one attached hydrogen (secondary N) is 2. The molecule has 9 nitrogen and oxygen atoms in total. The van der Waals surface area contributed by atoms with E-state index in [1.54, 1.807) is 4.90 Å². The van der Waals surface area contributed by atoms with E-state index in [1.807, 2.05) is 31.2 Å². The topological polar surface area (TPSA) is 108 Å². The first-order valence-corrected chi connectivity index (χ1v) is 13.7. The molecule has 0 aliphatic carbocycles. The van der Waals surface area contributed by atoms with Crippen molar-refractivity contribution in [3.05, 3.63) is 39.8 Å². The zero-order valence-corrected chi connectivity index (χ0v) is 22.0. The summed E-state index contributed by atoms with van der Waals surface area (Å²) in [5.41, 5.74) is 1.77. The zero-order valence-electron chi connectivity index (χ0n) is 21.2. The van der Waals surface area contributed by atoms with Gasteiger partial charge in [0, 0.05) is 37.8 Å². The lowest BCUT2D eigenvalue weighted by atomic mass is 9.93. The molecule has 1 aromatic carbocycles. The molecule has 3 heterocycles. The van der Waals surface area contributed by atoms with E-state index in [2.05, 4.69) is 32.7 Å². The number of benzene rings is 1. The lowest BCUT2D eigenvalue weighted by Gasteiger charge is -2.31. The van der Waals surface area contributed by atoms with E-state index in [4.69, 9.17) is 0 Å². The van der Waals surface area contributed by atoms with Crippen molar-refractivity contribution in [2.24, 2.45) is 5.92 Å². The van der Waals surface area contributed by atoms with Crippen molar-refractivity contribution < 1.29 is 14.4 Å². The Labute approximate surface area is 216 Å². The fraction of sp³-hybridized carbons (Fsp3) is 0.577. The van der Waals surface area contributed by atoms with Crippen LogP contribution in [0.15, 0.2) is 24.3 Å². The molecule has 0 bridgehead atoms. The molecule has 1 aromatic heterocycles. The van der Waals surface area contributed by atoms with Crippen LogP contribution >= 0.6 is 11.3 Å². The van der Waals surface area contributed by atoms with Crippen LogP contribution in [0.2, 0.25) is 0 Å². The number of carbonyl (C=O) groups is 3. The van der Waals surface area contributed by atoms with Gasteiger partial charge in [0.25, 0.3) is 11.8 Å². The van der Waals surface area contributed by atoms with Gasteiger partial charge in [0.15, 0.2) is 0 Å². The van der Waals surface area contributed by atoms with Crippen LogP contribution in [0, 0.1) is 12.8 Å². The molecular formula is C26H36N6O3S. The minimum atomic E-state index is -0.380. The third kappa shape index (κ3) is 7.10. The number of hydrogen-bond acceptors (Lipinski definition) is 7. The van der Waals surface area contributed by atoms with E-state index in [1.165, 1.54) is 25.9 Å². The van der Waals surface area contributed by atoms with E-state index in [-0.39, 0.29) is 33.7 Å². The summed E-state index contributed by atoms with van der Waals surface area (Å²) in [4.78, 5) is 42.0. The van der Waals surface area contributed by atoms with E-state index < -0.39 is 0 Å². The standard InChI is InChI=1S/C26H36N6O3S/c1-18-5-7-21(8-6-18)28-23(34)24-29-30-25(36-24)26(35)32-15-10-20(11-16-32)17-22(33)27-12-9-19(2)31-13-3-4-14-31/h5-8,19-20H,3-4,9-17H2,1-2H3,(H,27,33)(H,28,34)/t19-/m0/s1. The van der Waals surface area contributed by atoms with Gasteiger partial charge in [0.05, 0.1) is 0 Å². The van der Waals surface area contributed by atoms with Crippen molar-refractivity contribution in [2.45, 2.75) is 58.4 Å². The molecule has 36 heavy (non-hydrogen) atoms. The summed E-state index contributed by atoms with van der Waals surface area (Å²) in [6.07, 6.45) is 5.60. The van der Waals surface area contributed by atoms with Gasteiger partial charge >= 0.3 is 0 Å². The van der Waals surface area contributed by atoms with Crippen molar-refractivity contribution in [3.63, 3.8) is 0 Å². The quantitative estimate of drug-likeness (QED) is 0.534. The molecule has 2 aliphatic rings. The summed E-state index contributed by atoms with van der Waals surface area (Å²) < 4.78 is 0. The fourth-order valence-electron chi connectivity index (χ4n) is 4.82. The summed E-state index contributed by atoms with van der Waals surface area (Å²) in [5.74, 6) is -0.215. The van der Waals surface area contributed by atoms with Crippen molar-refractivity contribution in [2.75, 3.05) is 38.0 Å². The number of piperidine rings is 1.